The molecule has 0 unspecified atom stereocenters. The SMILES string of the molecule is CC(C)(C)SCc1nc(-c2ccccc2)c(I)c(=O)[nH]1. The van der Waals surface area contributed by atoms with Crippen LogP contribution in [0, 0.1) is 3.57 Å². The van der Waals surface area contributed by atoms with E-state index in [0.717, 1.165) is 17.1 Å². The topological polar surface area (TPSA) is 45.8 Å². The second kappa shape index (κ2) is 6.30. The van der Waals surface area contributed by atoms with Crippen LogP contribution in [0.3, 0.4) is 0 Å². The van der Waals surface area contributed by atoms with E-state index in [1.807, 2.05) is 30.3 Å². The summed E-state index contributed by atoms with van der Waals surface area (Å²) in [6.07, 6.45) is 0. The molecule has 1 heterocycles. The molecule has 2 rings (SSSR count). The molecule has 0 aliphatic heterocycles. The van der Waals surface area contributed by atoms with Crippen LogP contribution in [-0.4, -0.2) is 14.7 Å². The summed E-state index contributed by atoms with van der Waals surface area (Å²) in [6, 6.07) is 9.82. The van der Waals surface area contributed by atoms with Crippen LogP contribution in [0.15, 0.2) is 35.1 Å². The second-order valence-corrected chi connectivity index (χ2v) is 8.32. The van der Waals surface area contributed by atoms with Gasteiger partial charge in [0.2, 0.25) is 0 Å². The van der Waals surface area contributed by atoms with Gasteiger partial charge in [-0.3, -0.25) is 4.79 Å². The van der Waals surface area contributed by atoms with Gasteiger partial charge in [-0.15, -0.1) is 11.8 Å². The highest BCUT2D eigenvalue weighted by Gasteiger charge is 2.14. The van der Waals surface area contributed by atoms with Crippen LogP contribution in [0.4, 0.5) is 0 Å². The van der Waals surface area contributed by atoms with Gasteiger partial charge in [-0.1, -0.05) is 51.1 Å². The molecule has 0 fully saturated rings. The molecule has 0 saturated heterocycles. The van der Waals surface area contributed by atoms with Gasteiger partial charge in [0.05, 0.1) is 11.4 Å². The maximum absolute atomic E-state index is 12.0. The molecule has 0 aliphatic carbocycles. The van der Waals surface area contributed by atoms with Crippen LogP contribution in [0.5, 0.6) is 0 Å². The Morgan fingerprint density at radius 2 is 1.90 bits per heavy atom. The minimum absolute atomic E-state index is 0.0658. The molecule has 0 amide bonds. The molecule has 1 aromatic carbocycles. The van der Waals surface area contributed by atoms with E-state index >= 15 is 0 Å². The summed E-state index contributed by atoms with van der Waals surface area (Å²) in [5.74, 6) is 1.43. The second-order valence-electron chi connectivity index (χ2n) is 5.44. The summed E-state index contributed by atoms with van der Waals surface area (Å²) in [5.41, 5.74) is 1.67. The molecule has 3 nitrogen and oxygen atoms in total. The quantitative estimate of drug-likeness (QED) is 0.791. The molecule has 0 aliphatic rings. The van der Waals surface area contributed by atoms with Gasteiger partial charge in [-0.05, 0) is 22.6 Å². The van der Waals surface area contributed by atoms with Crippen LogP contribution in [0.25, 0.3) is 11.3 Å². The summed E-state index contributed by atoms with van der Waals surface area (Å²) >= 11 is 3.83. The zero-order valence-electron chi connectivity index (χ0n) is 11.7. The number of halogens is 1. The van der Waals surface area contributed by atoms with Crippen molar-refractivity contribution in [3.63, 3.8) is 0 Å². The lowest BCUT2D eigenvalue weighted by atomic mass is 10.1. The average molecular weight is 400 g/mol. The van der Waals surface area contributed by atoms with E-state index in [-0.39, 0.29) is 10.3 Å². The van der Waals surface area contributed by atoms with Gasteiger partial charge < -0.3 is 4.98 Å². The van der Waals surface area contributed by atoms with E-state index in [1.165, 1.54) is 0 Å². The Bertz CT molecular complexity index is 647. The number of aromatic amines is 1. The molecular weight excluding hydrogens is 383 g/mol. The number of nitrogens with zero attached hydrogens (tertiary/aromatic N) is 1. The minimum Gasteiger partial charge on any atom is -0.309 e. The number of nitrogens with one attached hydrogen (secondary N) is 1. The molecule has 1 N–H and O–H groups in total. The Labute approximate surface area is 136 Å². The smallest absolute Gasteiger partial charge is 0.264 e. The minimum atomic E-state index is -0.0658. The van der Waals surface area contributed by atoms with Gasteiger partial charge in [0, 0.05) is 10.3 Å². The Hall–Kier alpha value is -0.820. The van der Waals surface area contributed by atoms with E-state index < -0.39 is 0 Å². The Balaban J connectivity index is 2.38. The first kappa shape index (κ1) is 15.6. The van der Waals surface area contributed by atoms with Gasteiger partial charge in [-0.2, -0.15) is 0 Å². The molecule has 0 saturated carbocycles. The third kappa shape index (κ3) is 4.09. The Morgan fingerprint density at radius 1 is 1.25 bits per heavy atom. The van der Waals surface area contributed by atoms with E-state index in [2.05, 4.69) is 53.3 Å². The largest absolute Gasteiger partial charge is 0.309 e. The third-order valence-corrected chi connectivity index (χ3v) is 4.89. The summed E-state index contributed by atoms with van der Waals surface area (Å²) in [4.78, 5) is 19.5. The van der Waals surface area contributed by atoms with Crippen LogP contribution >= 0.6 is 34.4 Å². The zero-order valence-corrected chi connectivity index (χ0v) is 14.7. The van der Waals surface area contributed by atoms with Crippen LogP contribution in [0.2, 0.25) is 0 Å². The van der Waals surface area contributed by atoms with Crippen molar-refractivity contribution in [1.29, 1.82) is 0 Å². The number of aromatic nitrogens is 2. The maximum Gasteiger partial charge on any atom is 0.264 e. The monoisotopic (exact) mass is 400 g/mol. The highest BCUT2D eigenvalue weighted by Crippen LogP contribution is 2.27. The number of thioether (sulfide) groups is 1. The highest BCUT2D eigenvalue weighted by atomic mass is 127. The number of rotatable bonds is 3. The molecule has 0 radical (unpaired) electrons. The fourth-order valence-electron chi connectivity index (χ4n) is 1.65. The number of hydrogen-bond donors (Lipinski definition) is 1. The average Bonchev–Trinajstić information content (AvgIpc) is 2.40. The van der Waals surface area contributed by atoms with Crippen LogP contribution < -0.4 is 5.56 Å². The molecular formula is C15H17IN2OS. The number of H-pyrrole nitrogens is 1. The molecule has 5 heteroatoms. The fraction of sp³-hybridized carbons (Fsp3) is 0.333. The summed E-state index contributed by atoms with van der Waals surface area (Å²) in [7, 11) is 0. The van der Waals surface area contributed by atoms with Crippen molar-refractivity contribution in [3.8, 4) is 11.3 Å². The van der Waals surface area contributed by atoms with Gasteiger partial charge in [0.1, 0.15) is 9.39 Å². The maximum atomic E-state index is 12.0. The van der Waals surface area contributed by atoms with Crippen molar-refractivity contribution < 1.29 is 0 Å². The normalized spacial score (nSPS) is 11.6. The molecule has 0 atom stereocenters. The van der Waals surface area contributed by atoms with Crippen molar-refractivity contribution in [2.45, 2.75) is 31.3 Å². The zero-order chi connectivity index (χ0) is 14.8. The molecule has 1 aromatic heterocycles. The third-order valence-electron chi connectivity index (χ3n) is 2.60. The van der Waals surface area contributed by atoms with Gasteiger partial charge in [-0.25, -0.2) is 4.98 Å². The van der Waals surface area contributed by atoms with E-state index in [1.54, 1.807) is 11.8 Å². The summed E-state index contributed by atoms with van der Waals surface area (Å²) in [5, 5.41) is 0. The molecule has 0 spiro atoms. The summed E-state index contributed by atoms with van der Waals surface area (Å²) < 4.78 is 0.785. The standard InChI is InChI=1S/C15H17IN2OS/c1-15(2,3)20-9-11-17-13(12(16)14(19)18-11)10-7-5-4-6-8-10/h4-8H,9H2,1-3H3,(H,17,18,19). The van der Waals surface area contributed by atoms with Crippen molar-refractivity contribution in [2.24, 2.45) is 0 Å². The van der Waals surface area contributed by atoms with Crippen molar-refractivity contribution >= 4 is 34.4 Å². The molecule has 20 heavy (non-hydrogen) atoms. The van der Waals surface area contributed by atoms with Crippen LogP contribution in [-0.2, 0) is 5.75 Å². The van der Waals surface area contributed by atoms with E-state index in [9.17, 15) is 4.79 Å². The highest BCUT2D eigenvalue weighted by molar-refractivity contribution is 14.1. The lowest BCUT2D eigenvalue weighted by Crippen LogP contribution is -2.17. The fourth-order valence-corrected chi connectivity index (χ4v) is 2.92. The van der Waals surface area contributed by atoms with Gasteiger partial charge in [0.15, 0.2) is 0 Å². The molecule has 0 bridgehead atoms. The first-order valence-corrected chi connectivity index (χ1v) is 8.41. The number of benzene rings is 1. The van der Waals surface area contributed by atoms with Crippen LogP contribution in [0.1, 0.15) is 26.6 Å². The van der Waals surface area contributed by atoms with Gasteiger partial charge >= 0.3 is 0 Å². The first-order valence-electron chi connectivity index (χ1n) is 6.35. The predicted molar refractivity (Wildman–Crippen MR) is 94.1 cm³/mol. The lowest BCUT2D eigenvalue weighted by molar-refractivity contribution is 0.799. The summed E-state index contributed by atoms with van der Waals surface area (Å²) in [6.45, 7) is 6.46. The first-order chi connectivity index (χ1) is 9.37. The number of hydrogen-bond acceptors (Lipinski definition) is 3. The van der Waals surface area contributed by atoms with E-state index in [0.29, 0.717) is 9.32 Å². The molecule has 106 valence electrons. The van der Waals surface area contributed by atoms with Gasteiger partial charge in [0.25, 0.3) is 5.56 Å². The lowest BCUT2D eigenvalue weighted by Gasteiger charge is -2.17. The van der Waals surface area contributed by atoms with E-state index in [4.69, 9.17) is 0 Å². The predicted octanol–water partition coefficient (Wildman–Crippen LogP) is 4.07. The van der Waals surface area contributed by atoms with Crippen molar-refractivity contribution in [1.82, 2.24) is 9.97 Å². The van der Waals surface area contributed by atoms with Crippen molar-refractivity contribution in [2.75, 3.05) is 0 Å². The molecule has 2 aromatic rings. The Morgan fingerprint density at radius 3 is 2.50 bits per heavy atom. The van der Waals surface area contributed by atoms with Crippen molar-refractivity contribution in [3.05, 3.63) is 50.1 Å². The Kier molecular flexibility index (Phi) is 4.90.